The highest BCUT2D eigenvalue weighted by Gasteiger charge is 2.01. The van der Waals surface area contributed by atoms with Crippen LogP contribution in [0.3, 0.4) is 0 Å². The predicted molar refractivity (Wildman–Crippen MR) is 48.0 cm³/mol. The van der Waals surface area contributed by atoms with Crippen LogP contribution in [0, 0.1) is 0 Å². The van der Waals surface area contributed by atoms with E-state index in [1.807, 2.05) is 6.92 Å². The minimum atomic E-state index is -0.0481. The van der Waals surface area contributed by atoms with E-state index in [4.69, 9.17) is 0 Å². The van der Waals surface area contributed by atoms with Gasteiger partial charge in [-0.1, -0.05) is 13.3 Å². The van der Waals surface area contributed by atoms with Crippen LogP contribution >= 0.6 is 0 Å². The molecular weight excluding hydrogens is 168 g/mol. The van der Waals surface area contributed by atoms with Crippen LogP contribution in [-0.4, -0.2) is 20.9 Å². The van der Waals surface area contributed by atoms with Crippen LogP contribution in [0.5, 0.6) is 0 Å². The average Bonchev–Trinajstić information content (AvgIpc) is 2.16. The zero-order chi connectivity index (χ0) is 9.52. The number of aromatic nitrogens is 3. The van der Waals surface area contributed by atoms with E-state index in [0.717, 1.165) is 12.8 Å². The number of nitrogens with one attached hydrogen (secondary N) is 1. The van der Waals surface area contributed by atoms with E-state index < -0.39 is 0 Å². The molecule has 0 radical (unpaired) electrons. The molecule has 0 spiro atoms. The number of hydrogen-bond acceptors (Lipinski definition) is 4. The summed E-state index contributed by atoms with van der Waals surface area (Å²) in [7, 11) is 0. The molecule has 0 aliphatic rings. The van der Waals surface area contributed by atoms with Crippen LogP contribution in [-0.2, 0) is 4.79 Å². The summed E-state index contributed by atoms with van der Waals surface area (Å²) in [6, 6.07) is 0. The Balaban J connectivity index is 2.37. The molecule has 70 valence electrons. The van der Waals surface area contributed by atoms with Crippen LogP contribution in [0.25, 0.3) is 0 Å². The summed E-state index contributed by atoms with van der Waals surface area (Å²) in [4.78, 5) is 22.3. The fourth-order valence-electron chi connectivity index (χ4n) is 0.828. The lowest BCUT2D eigenvalue weighted by molar-refractivity contribution is -0.116. The highest BCUT2D eigenvalue weighted by molar-refractivity contribution is 5.88. The summed E-state index contributed by atoms with van der Waals surface area (Å²) in [5.74, 6) is 0.268. The first-order chi connectivity index (χ1) is 6.33. The van der Waals surface area contributed by atoms with Crippen molar-refractivity contribution in [1.82, 2.24) is 15.0 Å². The van der Waals surface area contributed by atoms with Crippen molar-refractivity contribution in [3.05, 3.63) is 12.7 Å². The monoisotopic (exact) mass is 180 g/mol. The Kier molecular flexibility index (Phi) is 3.81. The number of hydrogen-bond donors (Lipinski definition) is 1. The lowest BCUT2D eigenvalue weighted by Gasteiger charge is -2.00. The predicted octanol–water partition coefficient (Wildman–Crippen LogP) is 1.00. The van der Waals surface area contributed by atoms with Gasteiger partial charge in [0.2, 0.25) is 11.9 Å². The molecule has 0 aliphatic carbocycles. The second-order valence-electron chi connectivity index (χ2n) is 2.61. The van der Waals surface area contributed by atoms with E-state index in [1.54, 1.807) is 0 Å². The van der Waals surface area contributed by atoms with Gasteiger partial charge in [-0.3, -0.25) is 10.1 Å². The van der Waals surface area contributed by atoms with Gasteiger partial charge in [-0.2, -0.15) is 0 Å². The summed E-state index contributed by atoms with van der Waals surface area (Å²) < 4.78 is 0. The Morgan fingerprint density at radius 1 is 1.46 bits per heavy atom. The van der Waals surface area contributed by atoms with Gasteiger partial charge in [-0.25, -0.2) is 15.0 Å². The third-order valence-electron chi connectivity index (χ3n) is 1.50. The molecule has 0 bridgehead atoms. The maximum absolute atomic E-state index is 11.2. The number of rotatable bonds is 4. The highest BCUT2D eigenvalue weighted by atomic mass is 16.1. The number of amides is 1. The van der Waals surface area contributed by atoms with Gasteiger partial charge in [0.25, 0.3) is 0 Å². The molecule has 0 saturated heterocycles. The maximum atomic E-state index is 11.2. The van der Waals surface area contributed by atoms with E-state index in [-0.39, 0.29) is 5.91 Å². The van der Waals surface area contributed by atoms with Crippen molar-refractivity contribution in [2.75, 3.05) is 5.32 Å². The summed E-state index contributed by atoms with van der Waals surface area (Å²) in [6.07, 6.45) is 5.11. The SMILES string of the molecule is CCCCC(=O)Nc1ncncn1. The number of nitrogens with zero attached hydrogens (tertiary/aromatic N) is 3. The molecule has 13 heavy (non-hydrogen) atoms. The minimum Gasteiger partial charge on any atom is -0.294 e. The van der Waals surface area contributed by atoms with Crippen molar-refractivity contribution < 1.29 is 4.79 Å². The molecule has 0 fully saturated rings. The van der Waals surface area contributed by atoms with Gasteiger partial charge >= 0.3 is 0 Å². The fourth-order valence-corrected chi connectivity index (χ4v) is 0.828. The Hall–Kier alpha value is -1.52. The van der Waals surface area contributed by atoms with E-state index in [0.29, 0.717) is 12.4 Å². The Bertz CT molecular complexity index is 262. The Labute approximate surface area is 76.6 Å². The summed E-state index contributed by atoms with van der Waals surface area (Å²) in [6.45, 7) is 2.04. The lowest BCUT2D eigenvalue weighted by atomic mass is 10.2. The molecule has 1 aromatic heterocycles. The molecule has 1 amide bonds. The van der Waals surface area contributed by atoms with Crippen LogP contribution in [0.2, 0.25) is 0 Å². The van der Waals surface area contributed by atoms with Crippen LogP contribution in [0.1, 0.15) is 26.2 Å². The van der Waals surface area contributed by atoms with Gasteiger partial charge in [-0.15, -0.1) is 0 Å². The van der Waals surface area contributed by atoms with Gasteiger partial charge in [0.15, 0.2) is 0 Å². The molecule has 1 heterocycles. The molecule has 0 aromatic carbocycles. The lowest BCUT2D eigenvalue weighted by Crippen LogP contribution is -2.13. The molecule has 5 nitrogen and oxygen atoms in total. The largest absolute Gasteiger partial charge is 0.294 e. The van der Waals surface area contributed by atoms with E-state index in [2.05, 4.69) is 20.3 Å². The summed E-state index contributed by atoms with van der Waals surface area (Å²) in [5, 5.41) is 2.58. The summed E-state index contributed by atoms with van der Waals surface area (Å²) >= 11 is 0. The van der Waals surface area contributed by atoms with E-state index >= 15 is 0 Å². The first-order valence-corrected chi connectivity index (χ1v) is 4.24. The summed E-state index contributed by atoms with van der Waals surface area (Å²) in [5.41, 5.74) is 0. The van der Waals surface area contributed by atoms with Gasteiger partial charge in [0.1, 0.15) is 12.7 Å². The highest BCUT2D eigenvalue weighted by Crippen LogP contribution is 1.98. The van der Waals surface area contributed by atoms with Gasteiger partial charge < -0.3 is 0 Å². The number of carbonyl (C=O) groups is 1. The van der Waals surface area contributed by atoms with Crippen molar-refractivity contribution in [2.45, 2.75) is 26.2 Å². The molecule has 1 aromatic rings. The Morgan fingerprint density at radius 2 is 2.15 bits per heavy atom. The second-order valence-corrected chi connectivity index (χ2v) is 2.61. The first kappa shape index (κ1) is 9.57. The maximum Gasteiger partial charge on any atom is 0.232 e. The molecule has 1 rings (SSSR count). The number of carbonyl (C=O) groups excluding carboxylic acids is 1. The van der Waals surface area contributed by atoms with E-state index in [9.17, 15) is 4.79 Å². The van der Waals surface area contributed by atoms with Crippen LogP contribution in [0.15, 0.2) is 12.7 Å². The number of anilines is 1. The third kappa shape index (κ3) is 3.59. The number of unbranched alkanes of at least 4 members (excludes halogenated alkanes) is 1. The van der Waals surface area contributed by atoms with Crippen molar-refractivity contribution >= 4 is 11.9 Å². The quantitative estimate of drug-likeness (QED) is 0.750. The molecular formula is C8H12N4O. The topological polar surface area (TPSA) is 67.8 Å². The molecule has 0 atom stereocenters. The second kappa shape index (κ2) is 5.18. The molecule has 1 N–H and O–H groups in total. The van der Waals surface area contributed by atoms with Crippen molar-refractivity contribution in [3.63, 3.8) is 0 Å². The zero-order valence-corrected chi connectivity index (χ0v) is 7.53. The average molecular weight is 180 g/mol. The van der Waals surface area contributed by atoms with Crippen molar-refractivity contribution in [3.8, 4) is 0 Å². The van der Waals surface area contributed by atoms with Gasteiger partial charge in [0, 0.05) is 6.42 Å². The smallest absolute Gasteiger partial charge is 0.232 e. The first-order valence-electron chi connectivity index (χ1n) is 4.24. The van der Waals surface area contributed by atoms with Crippen LogP contribution in [0.4, 0.5) is 5.95 Å². The van der Waals surface area contributed by atoms with E-state index in [1.165, 1.54) is 12.7 Å². The third-order valence-corrected chi connectivity index (χ3v) is 1.50. The van der Waals surface area contributed by atoms with Gasteiger partial charge in [-0.05, 0) is 6.42 Å². The normalized spacial score (nSPS) is 9.62. The van der Waals surface area contributed by atoms with Crippen molar-refractivity contribution in [1.29, 1.82) is 0 Å². The van der Waals surface area contributed by atoms with Crippen LogP contribution < -0.4 is 5.32 Å². The van der Waals surface area contributed by atoms with Crippen molar-refractivity contribution in [2.24, 2.45) is 0 Å². The fraction of sp³-hybridized carbons (Fsp3) is 0.500. The molecule has 0 aliphatic heterocycles. The zero-order valence-electron chi connectivity index (χ0n) is 7.53. The molecule has 0 saturated carbocycles. The Morgan fingerprint density at radius 3 is 2.77 bits per heavy atom. The molecule has 5 heteroatoms. The minimum absolute atomic E-state index is 0.0481. The standard InChI is InChI=1S/C8H12N4O/c1-2-3-4-7(13)12-8-10-5-9-6-11-8/h5-6H,2-4H2,1H3,(H,9,10,11,12,13). The van der Waals surface area contributed by atoms with Gasteiger partial charge in [0.05, 0.1) is 0 Å². The molecule has 0 unspecified atom stereocenters.